The molecule has 20 heavy (non-hydrogen) atoms. The smallest absolute Gasteiger partial charge is 0.333 e. The van der Waals surface area contributed by atoms with Crippen molar-refractivity contribution in [2.24, 2.45) is 0 Å². The average molecular weight is 286 g/mol. The van der Waals surface area contributed by atoms with Crippen LogP contribution >= 0.6 is 0 Å². The number of alkyl halides is 1. The first-order valence-corrected chi connectivity index (χ1v) is 8.07. The van der Waals surface area contributed by atoms with E-state index in [9.17, 15) is 9.18 Å². The first-order chi connectivity index (χ1) is 9.68. The van der Waals surface area contributed by atoms with Crippen molar-refractivity contribution in [1.29, 1.82) is 0 Å². The fourth-order valence-corrected chi connectivity index (χ4v) is 2.08. The fourth-order valence-electron chi connectivity index (χ4n) is 2.08. The molecule has 0 aliphatic heterocycles. The molecule has 0 aromatic rings. The summed E-state index contributed by atoms with van der Waals surface area (Å²) >= 11 is 0. The molecule has 3 heteroatoms. The predicted molar refractivity (Wildman–Crippen MR) is 82.5 cm³/mol. The van der Waals surface area contributed by atoms with E-state index in [0.717, 1.165) is 25.7 Å². The largest absolute Gasteiger partial charge is 0.462 e. The Bertz CT molecular complexity index is 251. The van der Waals surface area contributed by atoms with E-state index in [0.29, 0.717) is 12.2 Å². The summed E-state index contributed by atoms with van der Waals surface area (Å²) in [5.74, 6) is -0.280. The molecule has 0 rings (SSSR count). The summed E-state index contributed by atoms with van der Waals surface area (Å²) in [5, 5.41) is 0. The molecule has 0 spiro atoms. The summed E-state index contributed by atoms with van der Waals surface area (Å²) in [7, 11) is 0. The van der Waals surface area contributed by atoms with Crippen molar-refractivity contribution in [3.05, 3.63) is 12.2 Å². The first-order valence-electron chi connectivity index (χ1n) is 8.07. The predicted octanol–water partition coefficient (Wildman–Crippen LogP) is 5.37. The molecule has 0 aromatic carbocycles. The van der Waals surface area contributed by atoms with Crippen LogP contribution in [0.25, 0.3) is 0 Å². The van der Waals surface area contributed by atoms with Gasteiger partial charge in [-0.1, -0.05) is 64.4 Å². The summed E-state index contributed by atoms with van der Waals surface area (Å²) in [6.07, 6.45) is 12.6. The molecule has 0 radical (unpaired) electrons. The number of unbranched alkanes of at least 4 members (excludes halogenated alkanes) is 10. The zero-order valence-corrected chi connectivity index (χ0v) is 13.1. The van der Waals surface area contributed by atoms with E-state index in [1.54, 1.807) is 6.92 Å². The van der Waals surface area contributed by atoms with Gasteiger partial charge in [-0.2, -0.15) is 0 Å². The molecule has 118 valence electrons. The Morgan fingerprint density at radius 2 is 1.25 bits per heavy atom. The standard InChI is InChI=1S/C17H31FO2/c1-16(2)17(19)20-15-13-11-9-7-5-3-4-6-8-10-12-14-18/h1,3-15H2,2H3. The van der Waals surface area contributed by atoms with Gasteiger partial charge in [0.05, 0.1) is 13.3 Å². The van der Waals surface area contributed by atoms with Crippen LogP contribution in [-0.2, 0) is 9.53 Å². The second-order valence-corrected chi connectivity index (χ2v) is 5.49. The lowest BCUT2D eigenvalue weighted by Gasteiger charge is -2.04. The van der Waals surface area contributed by atoms with Gasteiger partial charge in [0.2, 0.25) is 0 Å². The lowest BCUT2D eigenvalue weighted by atomic mass is 10.1. The highest BCUT2D eigenvalue weighted by Gasteiger charge is 2.01. The van der Waals surface area contributed by atoms with E-state index in [2.05, 4.69) is 6.58 Å². The maximum atomic E-state index is 11.8. The topological polar surface area (TPSA) is 26.3 Å². The number of ether oxygens (including phenoxy) is 1. The zero-order chi connectivity index (χ0) is 15.1. The van der Waals surface area contributed by atoms with Crippen LogP contribution in [0.3, 0.4) is 0 Å². The Morgan fingerprint density at radius 3 is 1.65 bits per heavy atom. The van der Waals surface area contributed by atoms with Gasteiger partial charge in [0.25, 0.3) is 0 Å². The zero-order valence-electron chi connectivity index (χ0n) is 13.1. The summed E-state index contributed by atoms with van der Waals surface area (Å²) < 4.78 is 16.9. The van der Waals surface area contributed by atoms with Crippen LogP contribution in [0.1, 0.15) is 77.6 Å². The van der Waals surface area contributed by atoms with Crippen molar-refractivity contribution in [3.63, 3.8) is 0 Å². The molecule has 0 N–H and O–H groups in total. The number of carbonyl (C=O) groups is 1. The second-order valence-electron chi connectivity index (χ2n) is 5.49. The molecule has 0 aliphatic rings. The van der Waals surface area contributed by atoms with Crippen LogP contribution in [0.5, 0.6) is 0 Å². The van der Waals surface area contributed by atoms with Gasteiger partial charge in [-0.25, -0.2) is 4.79 Å². The third-order valence-electron chi connectivity index (χ3n) is 3.36. The van der Waals surface area contributed by atoms with Crippen LogP contribution in [0, 0.1) is 0 Å². The van der Waals surface area contributed by atoms with Gasteiger partial charge < -0.3 is 4.74 Å². The molecule has 0 saturated heterocycles. The van der Waals surface area contributed by atoms with Crippen molar-refractivity contribution in [1.82, 2.24) is 0 Å². The lowest BCUT2D eigenvalue weighted by Crippen LogP contribution is -2.05. The Hall–Kier alpha value is -0.860. The SMILES string of the molecule is C=C(C)C(=O)OCCCCCCCCCCCCCF. The quantitative estimate of drug-likeness (QED) is 0.244. The highest BCUT2D eigenvalue weighted by Crippen LogP contribution is 2.11. The maximum Gasteiger partial charge on any atom is 0.333 e. The van der Waals surface area contributed by atoms with Crippen molar-refractivity contribution in [2.45, 2.75) is 77.6 Å². The van der Waals surface area contributed by atoms with Crippen molar-refractivity contribution in [3.8, 4) is 0 Å². The molecule has 0 heterocycles. The van der Waals surface area contributed by atoms with Gasteiger partial charge in [0.15, 0.2) is 0 Å². The molecule has 0 unspecified atom stereocenters. The van der Waals surface area contributed by atoms with E-state index in [-0.39, 0.29) is 12.6 Å². The fraction of sp³-hybridized carbons (Fsp3) is 0.824. The minimum atomic E-state index is -0.280. The van der Waals surface area contributed by atoms with E-state index < -0.39 is 0 Å². The maximum absolute atomic E-state index is 11.8. The lowest BCUT2D eigenvalue weighted by molar-refractivity contribution is -0.139. The molecule has 0 aliphatic carbocycles. The van der Waals surface area contributed by atoms with Crippen LogP contribution in [-0.4, -0.2) is 19.3 Å². The molecular formula is C17H31FO2. The van der Waals surface area contributed by atoms with Crippen LogP contribution < -0.4 is 0 Å². The molecule has 0 atom stereocenters. The average Bonchev–Trinajstić information content (AvgIpc) is 2.43. The normalized spacial score (nSPS) is 10.5. The molecule has 0 aromatic heterocycles. The van der Waals surface area contributed by atoms with Gasteiger partial charge in [-0.05, 0) is 19.8 Å². The van der Waals surface area contributed by atoms with Crippen LogP contribution in [0.15, 0.2) is 12.2 Å². The summed E-state index contributed by atoms with van der Waals surface area (Å²) in [6, 6.07) is 0. The Kier molecular flexibility index (Phi) is 13.9. The Morgan fingerprint density at radius 1 is 0.850 bits per heavy atom. The number of hydrogen-bond acceptors (Lipinski definition) is 2. The molecule has 2 nitrogen and oxygen atoms in total. The first kappa shape index (κ1) is 19.1. The summed E-state index contributed by atoms with van der Waals surface area (Å²) in [4.78, 5) is 11.1. The van der Waals surface area contributed by atoms with Gasteiger partial charge in [0, 0.05) is 5.57 Å². The Balaban J connectivity index is 3.06. The number of halogens is 1. The minimum Gasteiger partial charge on any atom is -0.462 e. The van der Waals surface area contributed by atoms with Gasteiger partial charge >= 0.3 is 5.97 Å². The van der Waals surface area contributed by atoms with Crippen molar-refractivity contribution >= 4 is 5.97 Å². The third kappa shape index (κ3) is 13.6. The van der Waals surface area contributed by atoms with E-state index in [1.807, 2.05) is 0 Å². The number of hydrogen-bond donors (Lipinski definition) is 0. The monoisotopic (exact) mass is 286 g/mol. The van der Waals surface area contributed by atoms with E-state index in [1.165, 1.54) is 44.9 Å². The molecular weight excluding hydrogens is 255 g/mol. The number of rotatable bonds is 14. The Labute approximate surface area is 123 Å². The van der Waals surface area contributed by atoms with E-state index >= 15 is 0 Å². The summed E-state index contributed by atoms with van der Waals surface area (Å²) in [6.45, 7) is 5.56. The third-order valence-corrected chi connectivity index (χ3v) is 3.36. The van der Waals surface area contributed by atoms with Gasteiger partial charge in [0.1, 0.15) is 0 Å². The van der Waals surface area contributed by atoms with Crippen LogP contribution in [0.4, 0.5) is 4.39 Å². The minimum absolute atomic E-state index is 0.165. The van der Waals surface area contributed by atoms with Gasteiger partial charge in [-0.15, -0.1) is 0 Å². The summed E-state index contributed by atoms with van der Waals surface area (Å²) in [5.41, 5.74) is 0.469. The molecule has 0 fully saturated rings. The molecule has 0 saturated carbocycles. The highest BCUT2D eigenvalue weighted by atomic mass is 19.1. The highest BCUT2D eigenvalue weighted by molar-refractivity contribution is 5.86. The van der Waals surface area contributed by atoms with Crippen molar-refractivity contribution in [2.75, 3.05) is 13.3 Å². The number of carbonyl (C=O) groups excluding carboxylic acids is 1. The van der Waals surface area contributed by atoms with Crippen molar-refractivity contribution < 1.29 is 13.9 Å². The number of esters is 1. The molecule has 0 bridgehead atoms. The van der Waals surface area contributed by atoms with E-state index in [4.69, 9.17) is 4.74 Å². The van der Waals surface area contributed by atoms with Gasteiger partial charge in [-0.3, -0.25) is 4.39 Å². The molecule has 0 amide bonds. The second kappa shape index (κ2) is 14.5. The van der Waals surface area contributed by atoms with Crippen LogP contribution in [0.2, 0.25) is 0 Å².